The summed E-state index contributed by atoms with van der Waals surface area (Å²) in [5, 5.41) is 0. The molecule has 2 aromatic carbocycles. The zero-order chi connectivity index (χ0) is 19.8. The quantitative estimate of drug-likeness (QED) is 0.347. The van der Waals surface area contributed by atoms with Gasteiger partial charge in [0.05, 0.1) is 0 Å². The highest BCUT2D eigenvalue weighted by Crippen LogP contribution is 2.13. The molecule has 0 spiro atoms. The molecule has 0 fully saturated rings. The number of ether oxygens (including phenoxy) is 2. The van der Waals surface area contributed by atoms with Gasteiger partial charge in [-0.15, -0.1) is 0 Å². The summed E-state index contributed by atoms with van der Waals surface area (Å²) in [5.41, 5.74) is 3.22. The van der Waals surface area contributed by atoms with Crippen LogP contribution in [0.2, 0.25) is 0 Å². The van der Waals surface area contributed by atoms with Crippen molar-refractivity contribution in [2.45, 2.75) is 20.5 Å². The molecule has 0 aliphatic heterocycles. The molecule has 136 valence electrons. The van der Waals surface area contributed by atoms with Gasteiger partial charge in [-0.1, -0.05) is 37.1 Å². The second-order valence-electron chi connectivity index (χ2n) is 6.00. The molecule has 0 bridgehead atoms. The summed E-state index contributed by atoms with van der Waals surface area (Å²) in [6, 6.07) is 14.4. The Morgan fingerprint density at radius 1 is 0.815 bits per heavy atom. The minimum Gasteiger partial charge on any atom is -0.457 e. The van der Waals surface area contributed by atoms with E-state index in [1.807, 2.05) is 24.3 Å². The average Bonchev–Trinajstić information content (AvgIpc) is 2.66. The number of hydrogen-bond donors (Lipinski definition) is 0. The standard InChI is InChI=1S/C23H20O4/c1-16(2)22(24)26-15-20-9-7-18(8-10-20)5-6-19-11-13-21(14-12-19)27-23(25)17(3)4/h7-14H,1,3,15H2,2,4H3. The van der Waals surface area contributed by atoms with E-state index in [2.05, 4.69) is 25.0 Å². The Kier molecular flexibility index (Phi) is 6.73. The Morgan fingerprint density at radius 2 is 1.30 bits per heavy atom. The zero-order valence-corrected chi connectivity index (χ0v) is 15.4. The van der Waals surface area contributed by atoms with Crippen molar-refractivity contribution in [3.8, 4) is 17.6 Å². The summed E-state index contributed by atoms with van der Waals surface area (Å²) in [6.45, 7) is 10.5. The van der Waals surface area contributed by atoms with E-state index in [4.69, 9.17) is 9.47 Å². The first kappa shape index (κ1) is 19.7. The first-order valence-electron chi connectivity index (χ1n) is 8.26. The van der Waals surface area contributed by atoms with Gasteiger partial charge < -0.3 is 9.47 Å². The summed E-state index contributed by atoms with van der Waals surface area (Å²) >= 11 is 0. The number of esters is 2. The topological polar surface area (TPSA) is 52.6 Å². The first-order chi connectivity index (χ1) is 12.8. The zero-order valence-electron chi connectivity index (χ0n) is 15.4. The van der Waals surface area contributed by atoms with Gasteiger partial charge in [-0.25, -0.2) is 9.59 Å². The Labute approximate surface area is 159 Å². The van der Waals surface area contributed by atoms with E-state index < -0.39 is 11.9 Å². The lowest BCUT2D eigenvalue weighted by molar-refractivity contribution is -0.140. The average molecular weight is 360 g/mol. The van der Waals surface area contributed by atoms with Crippen LogP contribution in [0.3, 0.4) is 0 Å². The molecule has 0 unspecified atom stereocenters. The molecule has 4 nitrogen and oxygen atoms in total. The number of carbonyl (C=O) groups excluding carboxylic acids is 2. The fourth-order valence-electron chi connectivity index (χ4n) is 1.90. The smallest absolute Gasteiger partial charge is 0.338 e. The van der Waals surface area contributed by atoms with E-state index in [0.29, 0.717) is 16.9 Å². The number of rotatable bonds is 5. The number of hydrogen-bond acceptors (Lipinski definition) is 4. The molecule has 0 heterocycles. The fourth-order valence-corrected chi connectivity index (χ4v) is 1.90. The highest BCUT2D eigenvalue weighted by Gasteiger charge is 2.05. The lowest BCUT2D eigenvalue weighted by Gasteiger charge is -2.04. The van der Waals surface area contributed by atoms with Crippen molar-refractivity contribution < 1.29 is 19.1 Å². The third-order valence-electron chi connectivity index (χ3n) is 3.44. The van der Waals surface area contributed by atoms with Gasteiger partial charge in [0.1, 0.15) is 12.4 Å². The predicted octanol–water partition coefficient (Wildman–Crippen LogP) is 4.19. The monoisotopic (exact) mass is 360 g/mol. The summed E-state index contributed by atoms with van der Waals surface area (Å²) in [5.74, 6) is 5.68. The van der Waals surface area contributed by atoms with Crippen LogP contribution in [0.5, 0.6) is 5.75 Å². The molecule has 0 aliphatic carbocycles. The van der Waals surface area contributed by atoms with Crippen molar-refractivity contribution in [3.05, 3.63) is 89.5 Å². The molecule has 0 radical (unpaired) electrons. The van der Waals surface area contributed by atoms with Crippen LogP contribution < -0.4 is 4.74 Å². The maximum atomic E-state index is 11.5. The van der Waals surface area contributed by atoms with Gasteiger partial charge in [0.25, 0.3) is 0 Å². The van der Waals surface area contributed by atoms with Crippen molar-refractivity contribution in [1.29, 1.82) is 0 Å². The van der Waals surface area contributed by atoms with E-state index in [9.17, 15) is 9.59 Å². The van der Waals surface area contributed by atoms with Crippen LogP contribution in [-0.4, -0.2) is 11.9 Å². The molecule has 0 amide bonds. The SMILES string of the molecule is C=C(C)C(=O)OCc1ccc(C#Cc2ccc(OC(=O)C(=C)C)cc2)cc1. The van der Waals surface area contributed by atoms with E-state index in [1.54, 1.807) is 38.1 Å². The summed E-state index contributed by atoms with van der Waals surface area (Å²) in [7, 11) is 0. The number of benzene rings is 2. The lowest BCUT2D eigenvalue weighted by atomic mass is 10.1. The van der Waals surface area contributed by atoms with Crippen LogP contribution in [-0.2, 0) is 20.9 Å². The third-order valence-corrected chi connectivity index (χ3v) is 3.44. The van der Waals surface area contributed by atoms with Gasteiger partial charge in [0.15, 0.2) is 0 Å². The van der Waals surface area contributed by atoms with E-state index in [1.165, 1.54) is 0 Å². The summed E-state index contributed by atoms with van der Waals surface area (Å²) in [6.07, 6.45) is 0. The van der Waals surface area contributed by atoms with Crippen LogP contribution in [0.15, 0.2) is 72.8 Å². The Hall–Kier alpha value is -3.58. The van der Waals surface area contributed by atoms with Crippen molar-refractivity contribution in [2.75, 3.05) is 0 Å². The highest BCUT2D eigenvalue weighted by molar-refractivity contribution is 5.88. The lowest BCUT2D eigenvalue weighted by Crippen LogP contribution is -2.07. The van der Waals surface area contributed by atoms with Crippen molar-refractivity contribution in [3.63, 3.8) is 0 Å². The van der Waals surface area contributed by atoms with Crippen LogP contribution >= 0.6 is 0 Å². The van der Waals surface area contributed by atoms with Crippen LogP contribution in [0.25, 0.3) is 0 Å². The van der Waals surface area contributed by atoms with Gasteiger partial charge in [-0.2, -0.15) is 0 Å². The molecule has 4 heteroatoms. The van der Waals surface area contributed by atoms with Crippen molar-refractivity contribution in [1.82, 2.24) is 0 Å². The Balaban J connectivity index is 1.97. The molecule has 0 aliphatic rings. The molecule has 0 atom stereocenters. The molecule has 0 saturated carbocycles. The van der Waals surface area contributed by atoms with Crippen molar-refractivity contribution >= 4 is 11.9 Å². The maximum Gasteiger partial charge on any atom is 0.338 e. The van der Waals surface area contributed by atoms with Gasteiger partial charge >= 0.3 is 11.9 Å². The van der Waals surface area contributed by atoms with Crippen LogP contribution in [0, 0.1) is 11.8 Å². The molecule has 0 aromatic heterocycles. The van der Waals surface area contributed by atoms with Gasteiger partial charge in [0.2, 0.25) is 0 Å². The maximum absolute atomic E-state index is 11.5. The molecule has 2 rings (SSSR count). The van der Waals surface area contributed by atoms with Crippen LogP contribution in [0.1, 0.15) is 30.5 Å². The van der Waals surface area contributed by atoms with Crippen LogP contribution in [0.4, 0.5) is 0 Å². The van der Waals surface area contributed by atoms with Gasteiger partial charge in [-0.05, 0) is 55.8 Å². The largest absolute Gasteiger partial charge is 0.457 e. The second kappa shape index (κ2) is 9.21. The molecule has 0 N–H and O–H groups in total. The molecular weight excluding hydrogens is 340 g/mol. The Bertz CT molecular complexity index is 923. The Morgan fingerprint density at radius 3 is 1.78 bits per heavy atom. The summed E-state index contributed by atoms with van der Waals surface area (Å²) in [4.78, 5) is 22.9. The summed E-state index contributed by atoms with van der Waals surface area (Å²) < 4.78 is 10.2. The highest BCUT2D eigenvalue weighted by atomic mass is 16.5. The van der Waals surface area contributed by atoms with Gasteiger partial charge in [-0.3, -0.25) is 0 Å². The fraction of sp³-hybridized carbons (Fsp3) is 0.130. The molecular formula is C23H20O4. The van der Waals surface area contributed by atoms with E-state index in [-0.39, 0.29) is 6.61 Å². The number of carbonyl (C=O) groups is 2. The van der Waals surface area contributed by atoms with E-state index >= 15 is 0 Å². The third kappa shape index (κ3) is 6.33. The van der Waals surface area contributed by atoms with E-state index in [0.717, 1.165) is 16.7 Å². The minimum atomic E-state index is -0.456. The molecule has 27 heavy (non-hydrogen) atoms. The minimum absolute atomic E-state index is 0.198. The normalized spacial score (nSPS) is 9.56. The molecule has 2 aromatic rings. The van der Waals surface area contributed by atoms with Crippen molar-refractivity contribution in [2.24, 2.45) is 0 Å². The predicted molar refractivity (Wildman–Crippen MR) is 104 cm³/mol. The molecule has 0 saturated heterocycles. The second-order valence-corrected chi connectivity index (χ2v) is 6.00. The van der Waals surface area contributed by atoms with Gasteiger partial charge in [0, 0.05) is 22.3 Å². The first-order valence-corrected chi connectivity index (χ1v) is 8.26.